The highest BCUT2D eigenvalue weighted by atomic mass is 79.9. The number of allylic oxidation sites excluding steroid dienone is 1. The molecular formula is C34H40BBrN2O6. The Morgan fingerprint density at radius 3 is 2.57 bits per heavy atom. The van der Waals surface area contributed by atoms with E-state index in [2.05, 4.69) is 33.0 Å². The number of halogens is 1. The molecule has 3 saturated heterocycles. The van der Waals surface area contributed by atoms with Gasteiger partial charge in [0, 0.05) is 35.7 Å². The monoisotopic (exact) mass is 662 g/mol. The number of nitrogens with zero attached hydrogens (tertiary/aromatic N) is 2. The fourth-order valence-corrected chi connectivity index (χ4v) is 8.19. The minimum absolute atomic E-state index is 0.128. The summed E-state index contributed by atoms with van der Waals surface area (Å²) >= 11 is 3.45. The van der Waals surface area contributed by atoms with Crippen molar-refractivity contribution in [1.82, 2.24) is 9.80 Å². The van der Waals surface area contributed by atoms with E-state index in [1.54, 1.807) is 17.0 Å². The minimum atomic E-state index is -1.05. The maximum absolute atomic E-state index is 14.1. The summed E-state index contributed by atoms with van der Waals surface area (Å²) in [5.74, 6) is -1.45. The summed E-state index contributed by atoms with van der Waals surface area (Å²) in [5, 5.41) is 31.5. The molecule has 0 spiro atoms. The van der Waals surface area contributed by atoms with Crippen LogP contribution in [0.15, 0.2) is 69.7 Å². The van der Waals surface area contributed by atoms with E-state index in [0.29, 0.717) is 24.8 Å². The highest BCUT2D eigenvalue weighted by molar-refractivity contribution is 9.10. The van der Waals surface area contributed by atoms with Crippen LogP contribution in [0.3, 0.4) is 0 Å². The van der Waals surface area contributed by atoms with Gasteiger partial charge in [-0.1, -0.05) is 57.9 Å². The van der Waals surface area contributed by atoms with Crippen molar-refractivity contribution in [1.29, 1.82) is 0 Å². The van der Waals surface area contributed by atoms with Crippen molar-refractivity contribution in [2.45, 2.75) is 64.0 Å². The average Bonchev–Trinajstić information content (AvgIpc) is 3.27. The molecule has 8 nitrogen and oxygen atoms in total. The van der Waals surface area contributed by atoms with Crippen LogP contribution in [0.25, 0.3) is 6.08 Å². The molecule has 3 N–H and O–H groups in total. The first-order valence-electron chi connectivity index (χ1n) is 15.7. The van der Waals surface area contributed by atoms with Gasteiger partial charge in [-0.05, 0) is 86.2 Å². The lowest BCUT2D eigenvalue weighted by Crippen LogP contribution is -2.48. The van der Waals surface area contributed by atoms with Gasteiger partial charge in [0.25, 0.3) is 0 Å². The fourth-order valence-electron chi connectivity index (χ4n) is 7.81. The molecular weight excluding hydrogens is 623 g/mol. The predicted molar refractivity (Wildman–Crippen MR) is 172 cm³/mol. The predicted octanol–water partition coefficient (Wildman–Crippen LogP) is 4.79. The summed E-state index contributed by atoms with van der Waals surface area (Å²) < 4.78 is 6.90. The van der Waals surface area contributed by atoms with E-state index in [9.17, 15) is 24.8 Å². The fraction of sp³-hybridized carbons (Fsp3) is 0.471. The maximum atomic E-state index is 14.1. The number of imide groups is 1. The number of rotatable bonds is 8. The Morgan fingerprint density at radius 1 is 1.09 bits per heavy atom. The summed E-state index contributed by atoms with van der Waals surface area (Å²) in [4.78, 5) is 31.8. The molecule has 0 radical (unpaired) electrons. The summed E-state index contributed by atoms with van der Waals surface area (Å²) in [6, 6.07) is 15.5. The van der Waals surface area contributed by atoms with Crippen molar-refractivity contribution >= 4 is 40.9 Å². The number of carbonyl (C=O) groups is 2. The second-order valence-electron chi connectivity index (χ2n) is 12.7. The number of piperidine rings is 1. The van der Waals surface area contributed by atoms with Gasteiger partial charge in [-0.2, -0.15) is 0 Å². The molecule has 3 heterocycles. The second-order valence-corrected chi connectivity index (χ2v) is 13.7. The van der Waals surface area contributed by atoms with Crippen LogP contribution in [0, 0.1) is 17.8 Å². The van der Waals surface area contributed by atoms with E-state index >= 15 is 0 Å². The van der Waals surface area contributed by atoms with Gasteiger partial charge in [-0.15, -0.1) is 0 Å². The van der Waals surface area contributed by atoms with Crippen molar-refractivity contribution in [3.63, 3.8) is 0 Å². The number of aliphatic hydroxyl groups excluding tert-OH is 1. The van der Waals surface area contributed by atoms with Crippen LogP contribution in [0.5, 0.6) is 5.75 Å². The van der Waals surface area contributed by atoms with Crippen molar-refractivity contribution in [2.75, 3.05) is 19.7 Å². The van der Waals surface area contributed by atoms with Crippen LogP contribution in [-0.4, -0.2) is 75.8 Å². The second kappa shape index (κ2) is 13.3. The van der Waals surface area contributed by atoms with Crippen LogP contribution >= 0.6 is 15.9 Å². The van der Waals surface area contributed by atoms with Gasteiger partial charge in [-0.3, -0.25) is 19.4 Å². The van der Waals surface area contributed by atoms with Crippen LogP contribution in [0.2, 0.25) is 6.32 Å². The van der Waals surface area contributed by atoms with Crippen molar-refractivity contribution in [2.24, 2.45) is 17.8 Å². The van der Waals surface area contributed by atoms with Gasteiger partial charge in [-0.25, -0.2) is 0 Å². The number of likely N-dealkylation sites (tertiary alicyclic amines) is 2. The molecule has 2 amide bonds. The topological polar surface area (TPSA) is 111 Å². The lowest BCUT2D eigenvalue weighted by Gasteiger charge is -2.43. The summed E-state index contributed by atoms with van der Waals surface area (Å²) in [6.07, 6.45) is 4.71. The lowest BCUT2D eigenvalue weighted by molar-refractivity contribution is -0.144. The SMILES string of the molecule is C/C(=C\c1cc(Br)ccc1O)CC[C@H]1OB(O)C[C@H]2C1=C(CO)C[C@H]1C(=O)N(C3CCN(Cc4ccccc4)CC3)C(=O)[C@H]12. The average molecular weight is 663 g/mol. The Morgan fingerprint density at radius 2 is 1.84 bits per heavy atom. The van der Waals surface area contributed by atoms with Crippen LogP contribution in [0.4, 0.5) is 0 Å². The van der Waals surface area contributed by atoms with Gasteiger partial charge in [0.2, 0.25) is 11.8 Å². The Kier molecular flexibility index (Phi) is 9.45. The third-order valence-corrected chi connectivity index (χ3v) is 10.4. The number of hydrogen-bond donors (Lipinski definition) is 3. The maximum Gasteiger partial charge on any atom is 0.455 e. The molecule has 2 aromatic rings. The first-order chi connectivity index (χ1) is 21.2. The number of phenols is 1. The molecule has 0 aromatic heterocycles. The number of amides is 2. The summed E-state index contributed by atoms with van der Waals surface area (Å²) in [5.41, 5.74) is 4.63. The zero-order valence-electron chi connectivity index (χ0n) is 25.1. The zero-order chi connectivity index (χ0) is 31.0. The van der Waals surface area contributed by atoms with Crippen LogP contribution < -0.4 is 0 Å². The quantitative estimate of drug-likeness (QED) is 0.212. The molecule has 1 aliphatic carbocycles. The molecule has 6 rings (SSSR count). The van der Waals surface area contributed by atoms with Gasteiger partial charge in [0.05, 0.1) is 24.5 Å². The van der Waals surface area contributed by atoms with Crippen molar-refractivity contribution in [3.8, 4) is 5.75 Å². The molecule has 3 fully saturated rings. The number of benzene rings is 2. The van der Waals surface area contributed by atoms with E-state index in [4.69, 9.17) is 4.65 Å². The lowest BCUT2D eigenvalue weighted by atomic mass is 9.58. The minimum Gasteiger partial charge on any atom is -0.507 e. The van der Waals surface area contributed by atoms with Crippen LogP contribution in [-0.2, 0) is 20.8 Å². The van der Waals surface area contributed by atoms with Crippen molar-refractivity contribution < 1.29 is 29.5 Å². The molecule has 10 heteroatoms. The van der Waals surface area contributed by atoms with Gasteiger partial charge < -0.3 is 19.9 Å². The Hall–Kier alpha value is -2.76. The van der Waals surface area contributed by atoms with E-state index in [-0.39, 0.29) is 42.5 Å². The smallest absolute Gasteiger partial charge is 0.455 e. The molecule has 2 aromatic carbocycles. The molecule has 0 saturated carbocycles. The normalized spacial score (nSPS) is 26.8. The number of carbonyl (C=O) groups excluding carboxylic acids is 2. The number of aromatic hydroxyl groups is 1. The standard InChI is InChI=1S/C34H40BBrN2O6/c1-21(15-23-16-25(36)8-9-29(23)40)7-10-30-31-24(20-39)17-27-32(28(31)18-35(43)44-30)34(42)38(33(27)41)26-11-13-37(14-12-26)19-22-5-3-2-4-6-22/h2-6,8-9,15-16,26-28,30,32,39-40,43H,7,10-14,17-20H2,1H3/b21-15+/t27-,28+,30-,32-/m1/s1. The first-order valence-corrected chi connectivity index (χ1v) is 16.5. The molecule has 0 bridgehead atoms. The van der Waals surface area contributed by atoms with E-state index in [1.165, 1.54) is 5.56 Å². The number of fused-ring (bicyclic) bond motifs is 3. The molecule has 44 heavy (non-hydrogen) atoms. The van der Waals surface area contributed by atoms with E-state index in [0.717, 1.165) is 53.7 Å². The van der Waals surface area contributed by atoms with Gasteiger partial charge >= 0.3 is 7.12 Å². The van der Waals surface area contributed by atoms with Crippen molar-refractivity contribution in [3.05, 3.63) is 80.8 Å². The van der Waals surface area contributed by atoms with E-state index in [1.807, 2.05) is 37.3 Å². The van der Waals surface area contributed by atoms with E-state index < -0.39 is 25.1 Å². The van der Waals surface area contributed by atoms with Gasteiger partial charge in [0.1, 0.15) is 5.75 Å². The Balaban J connectivity index is 1.16. The molecule has 3 aliphatic heterocycles. The third-order valence-electron chi connectivity index (χ3n) is 9.90. The highest BCUT2D eigenvalue weighted by Crippen LogP contribution is 2.51. The third kappa shape index (κ3) is 6.33. The molecule has 232 valence electrons. The zero-order valence-corrected chi connectivity index (χ0v) is 26.7. The first kappa shape index (κ1) is 31.2. The number of aliphatic hydroxyl groups is 1. The number of phenolic OH excluding ortho intramolecular Hbond substituents is 1. The highest BCUT2D eigenvalue weighted by Gasteiger charge is 2.58. The van der Waals surface area contributed by atoms with Gasteiger partial charge in [0.15, 0.2) is 0 Å². The molecule has 4 atom stereocenters. The Labute approximate surface area is 267 Å². The molecule has 0 unspecified atom stereocenters. The number of hydrogen-bond acceptors (Lipinski definition) is 7. The molecule has 4 aliphatic rings. The largest absolute Gasteiger partial charge is 0.507 e. The Bertz CT molecular complexity index is 1460. The summed E-state index contributed by atoms with van der Waals surface area (Å²) in [6.45, 7) is 4.27. The van der Waals surface area contributed by atoms with Crippen LogP contribution in [0.1, 0.15) is 50.2 Å². The summed E-state index contributed by atoms with van der Waals surface area (Å²) in [7, 11) is -1.05.